The maximum atomic E-state index is 4.10. The first kappa shape index (κ1) is 12.9. The largest absolute Gasteiger partial charge is 0.310 e. The highest BCUT2D eigenvalue weighted by Gasteiger charge is 2.00. The van der Waals surface area contributed by atoms with Crippen molar-refractivity contribution in [3.05, 3.63) is 42.7 Å². The Labute approximate surface area is 98.8 Å². The van der Waals surface area contributed by atoms with Crippen LogP contribution in [0.25, 0.3) is 0 Å². The predicted octanol–water partition coefficient (Wildman–Crippen LogP) is 3.31. The number of nitrogens with zero attached hydrogens (tertiary/aromatic N) is 1. The van der Waals surface area contributed by atoms with Crippen LogP contribution in [0.5, 0.6) is 0 Å². The van der Waals surface area contributed by atoms with Crippen molar-refractivity contribution in [1.29, 1.82) is 0 Å². The Bertz CT molecular complexity index is 282. The zero-order valence-corrected chi connectivity index (χ0v) is 10.2. The summed E-state index contributed by atoms with van der Waals surface area (Å²) in [5.74, 6) is 0. The lowest BCUT2D eigenvalue weighted by Crippen LogP contribution is -2.25. The van der Waals surface area contributed by atoms with Gasteiger partial charge < -0.3 is 5.32 Å². The van der Waals surface area contributed by atoms with Gasteiger partial charge in [0.1, 0.15) is 0 Å². The molecule has 0 aromatic carbocycles. The van der Waals surface area contributed by atoms with E-state index in [9.17, 15) is 0 Å². The number of hydrogen-bond donors (Lipinski definition) is 1. The third-order valence-corrected chi connectivity index (χ3v) is 2.67. The molecule has 1 unspecified atom stereocenters. The van der Waals surface area contributed by atoms with Crippen molar-refractivity contribution in [2.75, 3.05) is 0 Å². The first-order valence-corrected chi connectivity index (χ1v) is 6.06. The summed E-state index contributed by atoms with van der Waals surface area (Å²) in [6.45, 7) is 6.88. The first-order chi connectivity index (χ1) is 7.83. The van der Waals surface area contributed by atoms with Crippen LogP contribution in [0, 0.1) is 0 Å². The van der Waals surface area contributed by atoms with Gasteiger partial charge >= 0.3 is 0 Å². The molecule has 16 heavy (non-hydrogen) atoms. The standard InChI is InChI=1S/C14H22N2/c1-3-4-5-6-8-13(2)16-12-14-9-7-10-15-11-14/h3,7,9-11,13,16H,1,4-6,8,12H2,2H3. The normalized spacial score (nSPS) is 12.3. The van der Waals surface area contributed by atoms with E-state index in [4.69, 9.17) is 0 Å². The minimum Gasteiger partial charge on any atom is -0.310 e. The molecule has 1 rings (SSSR count). The second-order valence-electron chi connectivity index (χ2n) is 4.22. The highest BCUT2D eigenvalue weighted by Crippen LogP contribution is 2.04. The lowest BCUT2D eigenvalue weighted by atomic mass is 10.1. The highest BCUT2D eigenvalue weighted by molar-refractivity contribution is 5.07. The Morgan fingerprint density at radius 1 is 1.50 bits per heavy atom. The molecule has 0 bridgehead atoms. The summed E-state index contributed by atoms with van der Waals surface area (Å²) in [7, 11) is 0. The van der Waals surface area contributed by atoms with Crippen molar-refractivity contribution in [3.63, 3.8) is 0 Å². The Kier molecular flexibility index (Phi) is 6.50. The van der Waals surface area contributed by atoms with E-state index in [2.05, 4.69) is 29.9 Å². The van der Waals surface area contributed by atoms with Crippen molar-refractivity contribution in [1.82, 2.24) is 10.3 Å². The Morgan fingerprint density at radius 3 is 3.06 bits per heavy atom. The zero-order chi connectivity index (χ0) is 11.6. The van der Waals surface area contributed by atoms with Crippen molar-refractivity contribution >= 4 is 0 Å². The molecule has 1 aromatic rings. The number of pyridine rings is 1. The topological polar surface area (TPSA) is 24.9 Å². The van der Waals surface area contributed by atoms with Gasteiger partial charge in [0, 0.05) is 25.0 Å². The lowest BCUT2D eigenvalue weighted by Gasteiger charge is -2.13. The van der Waals surface area contributed by atoms with E-state index in [1.54, 1.807) is 0 Å². The van der Waals surface area contributed by atoms with E-state index >= 15 is 0 Å². The summed E-state index contributed by atoms with van der Waals surface area (Å²) >= 11 is 0. The molecule has 0 aliphatic heterocycles. The number of rotatable bonds is 8. The van der Waals surface area contributed by atoms with E-state index in [-0.39, 0.29) is 0 Å². The van der Waals surface area contributed by atoms with Crippen LogP contribution in [0.2, 0.25) is 0 Å². The van der Waals surface area contributed by atoms with Gasteiger partial charge in [0.05, 0.1) is 0 Å². The quantitative estimate of drug-likeness (QED) is 0.535. The molecule has 0 radical (unpaired) electrons. The molecule has 1 atom stereocenters. The summed E-state index contributed by atoms with van der Waals surface area (Å²) in [6.07, 6.45) is 10.6. The molecule has 0 amide bonds. The molecule has 0 fully saturated rings. The van der Waals surface area contributed by atoms with Crippen LogP contribution in [0.4, 0.5) is 0 Å². The van der Waals surface area contributed by atoms with Gasteiger partial charge in [-0.1, -0.05) is 18.6 Å². The summed E-state index contributed by atoms with van der Waals surface area (Å²) in [5.41, 5.74) is 1.25. The highest BCUT2D eigenvalue weighted by atomic mass is 14.9. The summed E-state index contributed by atoms with van der Waals surface area (Å²) < 4.78 is 0. The van der Waals surface area contributed by atoms with Crippen molar-refractivity contribution in [2.45, 2.75) is 45.2 Å². The van der Waals surface area contributed by atoms with Gasteiger partial charge in [-0.05, 0) is 37.8 Å². The molecule has 0 aliphatic carbocycles. The van der Waals surface area contributed by atoms with Gasteiger partial charge in [0.2, 0.25) is 0 Å². The Hall–Kier alpha value is -1.15. The smallest absolute Gasteiger partial charge is 0.0312 e. The third-order valence-electron chi connectivity index (χ3n) is 2.67. The summed E-state index contributed by atoms with van der Waals surface area (Å²) in [6, 6.07) is 4.65. The van der Waals surface area contributed by atoms with Crippen LogP contribution in [0.15, 0.2) is 37.2 Å². The van der Waals surface area contributed by atoms with Gasteiger partial charge in [0.15, 0.2) is 0 Å². The SMILES string of the molecule is C=CCCCCC(C)NCc1cccnc1. The molecule has 88 valence electrons. The molecule has 0 saturated carbocycles. The number of aromatic nitrogens is 1. The van der Waals surface area contributed by atoms with Crippen LogP contribution in [0.1, 0.15) is 38.2 Å². The number of hydrogen-bond acceptors (Lipinski definition) is 2. The van der Waals surface area contributed by atoms with Gasteiger partial charge in [0.25, 0.3) is 0 Å². The zero-order valence-electron chi connectivity index (χ0n) is 10.2. The number of allylic oxidation sites excluding steroid dienone is 1. The van der Waals surface area contributed by atoms with Crippen LogP contribution in [-0.4, -0.2) is 11.0 Å². The summed E-state index contributed by atoms with van der Waals surface area (Å²) in [5, 5.41) is 3.51. The van der Waals surface area contributed by atoms with E-state index < -0.39 is 0 Å². The van der Waals surface area contributed by atoms with E-state index in [0.717, 1.165) is 13.0 Å². The average Bonchev–Trinajstić information content (AvgIpc) is 2.33. The van der Waals surface area contributed by atoms with Crippen LogP contribution in [0.3, 0.4) is 0 Å². The van der Waals surface area contributed by atoms with Crippen LogP contribution < -0.4 is 5.32 Å². The first-order valence-electron chi connectivity index (χ1n) is 6.06. The fourth-order valence-corrected chi connectivity index (χ4v) is 1.64. The van der Waals surface area contributed by atoms with Gasteiger partial charge in [-0.3, -0.25) is 4.98 Å². The fraction of sp³-hybridized carbons (Fsp3) is 0.500. The van der Waals surface area contributed by atoms with Gasteiger partial charge in [-0.25, -0.2) is 0 Å². The fourth-order valence-electron chi connectivity index (χ4n) is 1.64. The number of unbranched alkanes of at least 4 members (excludes halogenated alkanes) is 2. The van der Waals surface area contributed by atoms with E-state index in [0.29, 0.717) is 6.04 Å². The number of nitrogens with one attached hydrogen (secondary N) is 1. The molecule has 1 N–H and O–H groups in total. The second-order valence-corrected chi connectivity index (χ2v) is 4.22. The monoisotopic (exact) mass is 218 g/mol. The van der Waals surface area contributed by atoms with Crippen LogP contribution >= 0.6 is 0 Å². The molecule has 1 aromatic heterocycles. The molecule has 0 spiro atoms. The average molecular weight is 218 g/mol. The summed E-state index contributed by atoms with van der Waals surface area (Å²) in [4.78, 5) is 4.10. The van der Waals surface area contributed by atoms with E-state index in [1.807, 2.05) is 24.5 Å². The van der Waals surface area contributed by atoms with Gasteiger partial charge in [-0.2, -0.15) is 0 Å². The maximum Gasteiger partial charge on any atom is 0.0312 e. The van der Waals surface area contributed by atoms with Crippen molar-refractivity contribution < 1.29 is 0 Å². The van der Waals surface area contributed by atoms with Gasteiger partial charge in [-0.15, -0.1) is 6.58 Å². The third kappa shape index (κ3) is 5.66. The van der Waals surface area contributed by atoms with Crippen LogP contribution in [-0.2, 0) is 6.54 Å². The van der Waals surface area contributed by atoms with Crippen molar-refractivity contribution in [2.24, 2.45) is 0 Å². The molecule has 0 aliphatic rings. The van der Waals surface area contributed by atoms with E-state index in [1.165, 1.54) is 24.8 Å². The Morgan fingerprint density at radius 2 is 2.38 bits per heavy atom. The molecular weight excluding hydrogens is 196 g/mol. The van der Waals surface area contributed by atoms with Crippen molar-refractivity contribution in [3.8, 4) is 0 Å². The minimum absolute atomic E-state index is 0.574. The maximum absolute atomic E-state index is 4.10. The minimum atomic E-state index is 0.574. The molecular formula is C14H22N2. The molecule has 2 nitrogen and oxygen atoms in total. The molecule has 0 saturated heterocycles. The Balaban J connectivity index is 2.10. The lowest BCUT2D eigenvalue weighted by molar-refractivity contribution is 0.490. The molecule has 2 heteroatoms. The second kappa shape index (κ2) is 8.05. The molecule has 1 heterocycles. The predicted molar refractivity (Wildman–Crippen MR) is 69.2 cm³/mol.